The zero-order valence-corrected chi connectivity index (χ0v) is 29.4. The highest BCUT2D eigenvalue weighted by atomic mass is 16.7. The summed E-state index contributed by atoms with van der Waals surface area (Å²) in [6, 6.07) is 25.4. The smallest absolute Gasteiger partial charge is 0.315 e. The largest absolute Gasteiger partial charge is 0.392 e. The van der Waals surface area contributed by atoms with Crippen LogP contribution in [0.2, 0.25) is 0 Å². The number of benzene rings is 3. The number of carbonyl (C=O) groups excluding carboxylic acids is 1. The van der Waals surface area contributed by atoms with Crippen molar-refractivity contribution in [1.82, 2.24) is 15.5 Å². The molecule has 3 aromatic rings. The lowest BCUT2D eigenvalue weighted by Gasteiger charge is -2.56. The van der Waals surface area contributed by atoms with Crippen LogP contribution in [0.1, 0.15) is 92.4 Å². The van der Waals surface area contributed by atoms with Gasteiger partial charge in [-0.2, -0.15) is 0 Å². The molecule has 0 unspecified atom stereocenters. The van der Waals surface area contributed by atoms with Crippen LogP contribution in [0.5, 0.6) is 0 Å². The maximum absolute atomic E-state index is 13.2. The van der Waals surface area contributed by atoms with E-state index >= 15 is 0 Å². The molecule has 0 aromatic heterocycles. The molecule has 50 heavy (non-hydrogen) atoms. The number of nitrogens with zero attached hydrogens (tertiary/aromatic N) is 1. The number of methoxy groups -OCH3 is 1. The second-order valence-electron chi connectivity index (χ2n) is 15.9. The highest BCUT2D eigenvalue weighted by Crippen LogP contribution is 2.55. The van der Waals surface area contributed by atoms with Gasteiger partial charge in [0.1, 0.15) is 0 Å². The lowest BCUT2D eigenvalue weighted by Crippen LogP contribution is -2.61. The zero-order chi connectivity index (χ0) is 34.1. The van der Waals surface area contributed by atoms with Crippen LogP contribution in [0, 0.1) is 17.8 Å². The molecule has 2 aliphatic heterocycles. The molecule has 2 heterocycles. The summed E-state index contributed by atoms with van der Waals surface area (Å²) in [7, 11) is 1.78. The Morgan fingerprint density at radius 1 is 0.880 bits per heavy atom. The minimum atomic E-state index is -0.516. The molecule has 6 aliphatic rings. The third-order valence-corrected chi connectivity index (χ3v) is 12.2. The van der Waals surface area contributed by atoms with Crippen LogP contribution in [-0.4, -0.2) is 60.5 Å². The number of ether oxygens (including phenoxy) is 3. The maximum atomic E-state index is 13.2. The van der Waals surface area contributed by atoms with Crippen LogP contribution < -0.4 is 10.6 Å². The average Bonchev–Trinajstić information content (AvgIpc) is 3.56. The SMILES string of the molecule is COC[C@@H]1CCCN1C[C@H]1C[C@@H](c2ccc(CO)cc2)O[C@@H](c2cccc(-c3cccc(CNC(=O)NC45CC6CC(CC(C6)C4)C5)c3)c2)O1. The molecule has 266 valence electrons. The van der Waals surface area contributed by atoms with E-state index in [0.717, 1.165) is 103 Å². The molecule has 8 nitrogen and oxygen atoms in total. The monoisotopic (exact) mass is 679 g/mol. The van der Waals surface area contributed by atoms with Gasteiger partial charge in [0.2, 0.25) is 0 Å². The summed E-state index contributed by atoms with van der Waals surface area (Å²) in [5.41, 5.74) is 6.22. The van der Waals surface area contributed by atoms with Gasteiger partial charge in [-0.25, -0.2) is 4.79 Å². The van der Waals surface area contributed by atoms with Crippen molar-refractivity contribution in [3.63, 3.8) is 0 Å². The van der Waals surface area contributed by atoms with Crippen molar-refractivity contribution in [2.45, 2.75) is 101 Å². The molecule has 0 radical (unpaired) electrons. The summed E-state index contributed by atoms with van der Waals surface area (Å²) in [6.45, 7) is 3.14. The summed E-state index contributed by atoms with van der Waals surface area (Å²) < 4.78 is 19.0. The summed E-state index contributed by atoms with van der Waals surface area (Å²) in [5.74, 6) is 2.39. The van der Waals surface area contributed by atoms with Crippen LogP contribution >= 0.6 is 0 Å². The van der Waals surface area contributed by atoms with Crippen molar-refractivity contribution in [1.29, 1.82) is 0 Å². The molecule has 6 fully saturated rings. The standard InChI is InChI=1S/C42H53N3O5/c1-48-27-37-9-4-14-45(37)25-38-20-39(33-12-10-28(26-46)11-13-33)50-40(49-38)36-8-3-7-35(19-36)34-6-2-5-29(18-34)24-43-41(47)44-42-21-30-15-31(22-42)17-32(16-30)23-42/h2-3,5-8,10-13,18-19,30-32,37-40,46H,4,9,14-17,20-27H2,1H3,(H2,43,44,47)/t30?,31?,32?,37-,38+,39-,40-,42?/m0/s1. The van der Waals surface area contributed by atoms with Crippen LogP contribution in [-0.2, 0) is 27.4 Å². The quantitative estimate of drug-likeness (QED) is 0.198. The van der Waals surface area contributed by atoms with Crippen molar-refractivity contribution < 1.29 is 24.1 Å². The van der Waals surface area contributed by atoms with Gasteiger partial charge in [-0.3, -0.25) is 4.90 Å². The maximum Gasteiger partial charge on any atom is 0.315 e. The predicted molar refractivity (Wildman–Crippen MR) is 193 cm³/mol. The molecule has 2 saturated heterocycles. The van der Waals surface area contributed by atoms with Crippen molar-refractivity contribution in [3.05, 3.63) is 95.1 Å². The van der Waals surface area contributed by atoms with E-state index in [2.05, 4.69) is 76.2 Å². The summed E-state index contributed by atoms with van der Waals surface area (Å²) in [4.78, 5) is 15.7. The Morgan fingerprint density at radius 3 is 2.32 bits per heavy atom. The van der Waals surface area contributed by atoms with E-state index in [1.54, 1.807) is 7.11 Å². The fourth-order valence-corrected chi connectivity index (χ4v) is 10.3. The van der Waals surface area contributed by atoms with E-state index in [9.17, 15) is 9.90 Å². The number of hydrogen-bond donors (Lipinski definition) is 3. The number of aliphatic hydroxyl groups excluding tert-OH is 1. The third-order valence-electron chi connectivity index (χ3n) is 12.2. The van der Waals surface area contributed by atoms with Gasteiger partial charge in [0.15, 0.2) is 6.29 Å². The van der Waals surface area contributed by atoms with Gasteiger partial charge in [0.05, 0.1) is 25.4 Å². The topological polar surface area (TPSA) is 92.3 Å². The lowest BCUT2D eigenvalue weighted by atomic mass is 9.53. The van der Waals surface area contributed by atoms with E-state index in [-0.39, 0.29) is 30.4 Å². The first-order valence-electron chi connectivity index (χ1n) is 18.9. The number of carbonyl (C=O) groups is 1. The molecule has 4 saturated carbocycles. The van der Waals surface area contributed by atoms with E-state index in [0.29, 0.717) is 12.6 Å². The van der Waals surface area contributed by atoms with E-state index in [1.807, 2.05) is 12.1 Å². The fourth-order valence-electron chi connectivity index (χ4n) is 10.3. The van der Waals surface area contributed by atoms with Crippen molar-refractivity contribution in [2.24, 2.45) is 17.8 Å². The van der Waals surface area contributed by atoms with Crippen molar-refractivity contribution in [2.75, 3.05) is 26.8 Å². The van der Waals surface area contributed by atoms with E-state index in [4.69, 9.17) is 14.2 Å². The van der Waals surface area contributed by atoms with E-state index < -0.39 is 6.29 Å². The molecule has 3 N–H and O–H groups in total. The molecule has 4 aliphatic carbocycles. The molecule has 3 aromatic carbocycles. The van der Waals surface area contributed by atoms with Crippen molar-refractivity contribution >= 4 is 6.03 Å². The van der Waals surface area contributed by atoms with Gasteiger partial charge in [0, 0.05) is 43.8 Å². The number of likely N-dealkylation sites (tertiary alicyclic amines) is 1. The van der Waals surface area contributed by atoms with Gasteiger partial charge in [-0.15, -0.1) is 0 Å². The predicted octanol–water partition coefficient (Wildman–Crippen LogP) is 7.27. The molecular weight excluding hydrogens is 626 g/mol. The minimum absolute atomic E-state index is 0.00337. The Hall–Kier alpha value is -3.27. The summed E-state index contributed by atoms with van der Waals surface area (Å²) in [5, 5.41) is 16.2. The second kappa shape index (κ2) is 14.8. The molecule has 9 rings (SSSR count). The molecule has 0 spiro atoms. The first-order chi connectivity index (χ1) is 24.4. The summed E-state index contributed by atoms with van der Waals surface area (Å²) in [6.07, 6.45) is 9.98. The van der Waals surface area contributed by atoms with Crippen LogP contribution in [0.3, 0.4) is 0 Å². The Balaban J connectivity index is 0.955. The van der Waals surface area contributed by atoms with Crippen LogP contribution in [0.25, 0.3) is 11.1 Å². The second-order valence-corrected chi connectivity index (χ2v) is 15.9. The van der Waals surface area contributed by atoms with Crippen molar-refractivity contribution in [3.8, 4) is 11.1 Å². The number of hydrogen-bond acceptors (Lipinski definition) is 6. The average molecular weight is 680 g/mol. The highest BCUT2D eigenvalue weighted by molar-refractivity contribution is 5.75. The molecule has 2 amide bonds. The lowest BCUT2D eigenvalue weighted by molar-refractivity contribution is -0.253. The Morgan fingerprint density at radius 2 is 1.60 bits per heavy atom. The minimum Gasteiger partial charge on any atom is -0.392 e. The summed E-state index contributed by atoms with van der Waals surface area (Å²) >= 11 is 0. The molecule has 4 bridgehead atoms. The van der Waals surface area contributed by atoms with Gasteiger partial charge < -0.3 is 30.0 Å². The van der Waals surface area contributed by atoms with Gasteiger partial charge in [-0.1, -0.05) is 60.7 Å². The number of amides is 2. The first kappa shape index (κ1) is 33.9. The molecule has 4 atom stereocenters. The Bertz CT molecular complexity index is 1590. The van der Waals surface area contributed by atoms with E-state index in [1.165, 1.54) is 25.7 Å². The first-order valence-corrected chi connectivity index (χ1v) is 18.9. The highest BCUT2D eigenvalue weighted by Gasteiger charge is 2.51. The van der Waals surface area contributed by atoms with Gasteiger partial charge >= 0.3 is 6.03 Å². The Kier molecular flexibility index (Phi) is 9.99. The Labute approximate surface area is 296 Å². The third kappa shape index (κ3) is 7.51. The number of nitrogens with one attached hydrogen (secondary N) is 2. The zero-order valence-electron chi connectivity index (χ0n) is 29.4. The number of urea groups is 1. The molecular formula is C42H53N3O5. The van der Waals surface area contributed by atoms with Crippen LogP contribution in [0.4, 0.5) is 4.79 Å². The number of aliphatic hydroxyl groups is 1. The van der Waals surface area contributed by atoms with Crippen LogP contribution in [0.15, 0.2) is 72.8 Å². The fraction of sp³-hybridized carbons (Fsp3) is 0.548. The van der Waals surface area contributed by atoms with Gasteiger partial charge in [-0.05, 0) is 116 Å². The number of rotatable bonds is 11. The normalized spacial score (nSPS) is 31.9. The molecule has 8 heteroatoms. The van der Waals surface area contributed by atoms with Gasteiger partial charge in [0.25, 0.3) is 0 Å².